The second-order valence-electron chi connectivity index (χ2n) is 6.29. The third-order valence-corrected chi connectivity index (χ3v) is 3.94. The van der Waals surface area contributed by atoms with Gasteiger partial charge >= 0.3 is 6.18 Å². The number of nitrogens with one attached hydrogen (secondary N) is 1. The summed E-state index contributed by atoms with van der Waals surface area (Å²) < 4.78 is 37.1. The van der Waals surface area contributed by atoms with E-state index in [0.717, 1.165) is 11.6 Å². The smallest absolute Gasteiger partial charge is 0.383 e. The van der Waals surface area contributed by atoms with Crippen LogP contribution in [0.3, 0.4) is 0 Å². The highest BCUT2D eigenvalue weighted by atomic mass is 19.4. The number of hydrogen-bond acceptors (Lipinski definition) is 3. The maximum Gasteiger partial charge on any atom is 0.417 e. The Hall–Kier alpha value is -3.29. The summed E-state index contributed by atoms with van der Waals surface area (Å²) in [5.74, 6) is 0. The molecule has 1 heterocycles. The molecule has 3 aromatic rings. The molecule has 2 aromatic carbocycles. The number of aryl methyl sites for hydroxylation is 1. The first-order valence-corrected chi connectivity index (χ1v) is 8.33. The van der Waals surface area contributed by atoms with Gasteiger partial charge in [-0.25, -0.2) is 0 Å². The van der Waals surface area contributed by atoms with Gasteiger partial charge in [-0.1, -0.05) is 18.2 Å². The number of nitro benzene ring substituents is 1. The van der Waals surface area contributed by atoms with Crippen molar-refractivity contribution < 1.29 is 18.1 Å². The van der Waals surface area contributed by atoms with E-state index in [4.69, 9.17) is 0 Å². The fraction of sp³-hybridized carbons (Fsp3) is 0.200. The van der Waals surface area contributed by atoms with Crippen molar-refractivity contribution in [3.8, 4) is 0 Å². The molecule has 0 atom stereocenters. The molecule has 3 rings (SSSR count). The van der Waals surface area contributed by atoms with Gasteiger partial charge in [0, 0.05) is 37.3 Å². The van der Waals surface area contributed by atoms with Gasteiger partial charge in [-0.2, -0.15) is 13.2 Å². The normalized spacial score (nSPS) is 11.4. The number of rotatable bonds is 3. The van der Waals surface area contributed by atoms with Crippen LogP contribution in [0.5, 0.6) is 0 Å². The van der Waals surface area contributed by atoms with Crippen molar-refractivity contribution >= 4 is 22.7 Å². The van der Waals surface area contributed by atoms with Gasteiger partial charge in [-0.15, -0.1) is 0 Å². The van der Waals surface area contributed by atoms with Crippen LogP contribution in [-0.2, 0) is 6.18 Å². The molecule has 0 saturated heterocycles. The maximum atomic E-state index is 12.4. The molecule has 0 fully saturated rings. The number of nitro groups is 1. The molecular weight excluding hydrogens is 371 g/mol. The highest BCUT2D eigenvalue weighted by Gasteiger charge is 2.32. The summed E-state index contributed by atoms with van der Waals surface area (Å²) in [6.07, 6.45) is 0.782. The Kier molecular flexibility index (Phi) is 6.45. The molecular formula is C20H20F3N3O2. The third kappa shape index (κ3) is 5.12. The Morgan fingerprint density at radius 2 is 1.79 bits per heavy atom. The Balaban J connectivity index is 0.000000202. The van der Waals surface area contributed by atoms with Gasteiger partial charge in [0.25, 0.3) is 5.69 Å². The van der Waals surface area contributed by atoms with Gasteiger partial charge in [0.2, 0.25) is 0 Å². The fourth-order valence-corrected chi connectivity index (χ4v) is 2.60. The van der Waals surface area contributed by atoms with Crippen LogP contribution in [0.2, 0.25) is 0 Å². The highest BCUT2D eigenvalue weighted by Crippen LogP contribution is 2.34. The van der Waals surface area contributed by atoms with E-state index in [1.807, 2.05) is 32.0 Å². The molecule has 28 heavy (non-hydrogen) atoms. The maximum absolute atomic E-state index is 12.4. The van der Waals surface area contributed by atoms with Crippen molar-refractivity contribution in [2.45, 2.75) is 13.1 Å². The van der Waals surface area contributed by atoms with Crippen LogP contribution < -0.4 is 0 Å². The Bertz CT molecular complexity index is 992. The van der Waals surface area contributed by atoms with Crippen LogP contribution in [0.4, 0.5) is 18.9 Å². The number of nitrogens with zero attached hydrogens (tertiary/aromatic N) is 2. The second kappa shape index (κ2) is 8.60. The van der Waals surface area contributed by atoms with Crippen molar-refractivity contribution in [3.05, 3.63) is 81.7 Å². The van der Waals surface area contributed by atoms with E-state index in [9.17, 15) is 23.3 Å². The summed E-state index contributed by atoms with van der Waals surface area (Å²) in [5, 5.41) is 11.0. The minimum absolute atomic E-state index is 0.146. The van der Waals surface area contributed by atoms with Crippen LogP contribution in [0.25, 0.3) is 17.0 Å². The van der Waals surface area contributed by atoms with Crippen molar-refractivity contribution in [3.63, 3.8) is 0 Å². The minimum atomic E-state index is -4.28. The predicted octanol–water partition coefficient (Wildman–Crippen LogP) is 5.62. The van der Waals surface area contributed by atoms with E-state index < -0.39 is 11.7 Å². The Morgan fingerprint density at radius 3 is 2.39 bits per heavy atom. The molecule has 0 saturated carbocycles. The molecule has 0 bridgehead atoms. The molecule has 1 aromatic heterocycles. The summed E-state index contributed by atoms with van der Waals surface area (Å²) in [5.41, 5.74) is 1.63. The quantitative estimate of drug-likeness (QED) is 0.465. The van der Waals surface area contributed by atoms with Gasteiger partial charge < -0.3 is 9.88 Å². The van der Waals surface area contributed by atoms with Gasteiger partial charge in [0.15, 0.2) is 0 Å². The standard InChI is InChI=1S/C11H14N2O2.C9H6F3N/c1-9-5-4-6-11(13(14)15)10(9)7-8-12(2)3;10-9(11,12)7-2-1-3-8-6(7)4-5-13-8/h4-8H,1-3H3;1-5,13H/b8-7+;. The van der Waals surface area contributed by atoms with Gasteiger partial charge in [-0.05, 0) is 43.0 Å². The van der Waals surface area contributed by atoms with Gasteiger partial charge in [0.05, 0.1) is 16.1 Å². The molecule has 0 aliphatic heterocycles. The Morgan fingerprint density at radius 1 is 1.11 bits per heavy atom. The monoisotopic (exact) mass is 391 g/mol. The lowest BCUT2D eigenvalue weighted by atomic mass is 10.1. The van der Waals surface area contributed by atoms with E-state index in [1.165, 1.54) is 24.4 Å². The number of aromatic nitrogens is 1. The first-order chi connectivity index (χ1) is 13.1. The molecule has 0 amide bonds. The zero-order valence-corrected chi connectivity index (χ0v) is 15.6. The zero-order chi connectivity index (χ0) is 20.9. The van der Waals surface area contributed by atoms with Crippen LogP contribution in [0, 0.1) is 17.0 Å². The van der Waals surface area contributed by atoms with Crippen LogP contribution in [-0.4, -0.2) is 28.9 Å². The summed E-state index contributed by atoms with van der Waals surface area (Å²) in [6.45, 7) is 1.86. The van der Waals surface area contributed by atoms with Crippen LogP contribution in [0.15, 0.2) is 54.9 Å². The topological polar surface area (TPSA) is 62.2 Å². The summed E-state index contributed by atoms with van der Waals surface area (Å²) >= 11 is 0. The molecule has 5 nitrogen and oxygen atoms in total. The van der Waals surface area contributed by atoms with Gasteiger partial charge in [0.1, 0.15) is 0 Å². The molecule has 148 valence electrons. The largest absolute Gasteiger partial charge is 0.417 e. The molecule has 0 aliphatic carbocycles. The molecule has 1 N–H and O–H groups in total. The van der Waals surface area contributed by atoms with Crippen molar-refractivity contribution in [1.82, 2.24) is 9.88 Å². The number of H-pyrrole nitrogens is 1. The number of benzene rings is 2. The Labute approximate surface area is 160 Å². The molecule has 0 unspecified atom stereocenters. The van der Waals surface area contributed by atoms with Crippen molar-refractivity contribution in [1.29, 1.82) is 0 Å². The van der Waals surface area contributed by atoms with Crippen LogP contribution >= 0.6 is 0 Å². The van der Waals surface area contributed by atoms with Crippen molar-refractivity contribution in [2.24, 2.45) is 0 Å². The van der Waals surface area contributed by atoms with E-state index in [2.05, 4.69) is 4.98 Å². The lowest BCUT2D eigenvalue weighted by Crippen LogP contribution is -2.04. The number of aromatic amines is 1. The third-order valence-electron chi connectivity index (χ3n) is 3.94. The lowest BCUT2D eigenvalue weighted by molar-refractivity contribution is -0.385. The number of halogens is 3. The van der Waals surface area contributed by atoms with E-state index >= 15 is 0 Å². The number of alkyl halides is 3. The molecule has 8 heteroatoms. The summed E-state index contributed by atoms with van der Waals surface area (Å²) in [6, 6.07) is 10.6. The first kappa shape index (κ1) is 21.0. The molecule has 0 spiro atoms. The van der Waals surface area contributed by atoms with Gasteiger partial charge in [-0.3, -0.25) is 10.1 Å². The lowest BCUT2D eigenvalue weighted by Gasteiger charge is -2.06. The molecule has 0 radical (unpaired) electrons. The number of fused-ring (bicyclic) bond motifs is 1. The number of hydrogen-bond donors (Lipinski definition) is 1. The van der Waals surface area contributed by atoms with Crippen LogP contribution in [0.1, 0.15) is 16.7 Å². The highest BCUT2D eigenvalue weighted by molar-refractivity contribution is 5.83. The second-order valence-corrected chi connectivity index (χ2v) is 6.29. The molecule has 0 aliphatic rings. The summed E-state index contributed by atoms with van der Waals surface area (Å²) in [7, 11) is 3.75. The van der Waals surface area contributed by atoms with E-state index in [-0.39, 0.29) is 16.0 Å². The average Bonchev–Trinajstić information content (AvgIpc) is 3.08. The van der Waals surface area contributed by atoms with E-state index in [1.54, 1.807) is 24.4 Å². The zero-order valence-electron chi connectivity index (χ0n) is 15.6. The predicted molar refractivity (Wildman–Crippen MR) is 104 cm³/mol. The fourth-order valence-electron chi connectivity index (χ4n) is 2.60. The average molecular weight is 391 g/mol. The van der Waals surface area contributed by atoms with Crippen molar-refractivity contribution in [2.75, 3.05) is 14.1 Å². The minimum Gasteiger partial charge on any atom is -0.383 e. The summed E-state index contributed by atoms with van der Waals surface area (Å²) in [4.78, 5) is 15.0. The SMILES string of the molecule is Cc1cccc([N+](=O)[O-])c1/C=C/N(C)C.FC(F)(F)c1cccc2[nH]ccc12. The van der Waals surface area contributed by atoms with E-state index in [0.29, 0.717) is 11.1 Å². The first-order valence-electron chi connectivity index (χ1n) is 8.33.